The van der Waals surface area contributed by atoms with Crippen molar-refractivity contribution in [2.45, 2.75) is 0 Å². The number of anilines is 1. The Morgan fingerprint density at radius 3 is 2.46 bits per heavy atom. The van der Waals surface area contributed by atoms with Crippen molar-refractivity contribution in [3.05, 3.63) is 65.9 Å². The summed E-state index contributed by atoms with van der Waals surface area (Å²) in [5.41, 5.74) is 9.68. The summed E-state index contributed by atoms with van der Waals surface area (Å²) in [6, 6.07) is 13.5. The Bertz CT molecular complexity index is 1010. The fourth-order valence-electron chi connectivity index (χ4n) is 2.32. The number of primary amides is 1. The normalized spacial score (nSPS) is 10.8. The molecule has 0 radical (unpaired) electrons. The van der Waals surface area contributed by atoms with E-state index in [9.17, 15) is 14.4 Å². The number of carbonyl (C=O) groups excluding carboxylic acids is 3. The van der Waals surface area contributed by atoms with Crippen LogP contribution >= 0.6 is 0 Å². The average Bonchev–Trinajstić information content (AvgIpc) is 3.05. The van der Waals surface area contributed by atoms with Gasteiger partial charge in [0.15, 0.2) is 0 Å². The fourth-order valence-corrected chi connectivity index (χ4v) is 2.32. The van der Waals surface area contributed by atoms with Crippen LogP contribution in [0.15, 0.2) is 59.8 Å². The highest BCUT2D eigenvalue weighted by atomic mass is 16.2. The number of hydrogen-bond donors (Lipinski definition) is 4. The third-order valence-electron chi connectivity index (χ3n) is 3.62. The quantitative estimate of drug-likeness (QED) is 0.322. The van der Waals surface area contributed by atoms with Crippen LogP contribution in [-0.4, -0.2) is 28.9 Å². The minimum Gasteiger partial charge on any atom is -0.366 e. The van der Waals surface area contributed by atoms with Gasteiger partial charge in [-0.3, -0.25) is 14.4 Å². The highest BCUT2D eigenvalue weighted by Crippen LogP contribution is 2.15. The number of fused-ring (bicyclic) bond motifs is 1. The van der Waals surface area contributed by atoms with Gasteiger partial charge in [0.05, 0.1) is 6.21 Å². The zero-order valence-electron chi connectivity index (χ0n) is 13.5. The van der Waals surface area contributed by atoms with Crippen LogP contribution in [0.5, 0.6) is 0 Å². The number of amides is 3. The number of rotatable bonds is 4. The van der Waals surface area contributed by atoms with Crippen LogP contribution in [0.1, 0.15) is 15.9 Å². The van der Waals surface area contributed by atoms with E-state index in [1.54, 1.807) is 6.20 Å². The van der Waals surface area contributed by atoms with Gasteiger partial charge < -0.3 is 16.0 Å². The highest BCUT2D eigenvalue weighted by Gasteiger charge is 2.13. The summed E-state index contributed by atoms with van der Waals surface area (Å²) in [7, 11) is 0. The molecule has 0 saturated heterocycles. The van der Waals surface area contributed by atoms with E-state index in [0.717, 1.165) is 16.5 Å². The SMILES string of the molecule is NC(=O)c1ccc(NC(=O)C(=O)N/N=C/c2c[nH]c3ccccc23)cc1. The molecule has 0 saturated carbocycles. The molecule has 1 aromatic heterocycles. The van der Waals surface area contributed by atoms with Crippen molar-refractivity contribution in [2.75, 3.05) is 5.32 Å². The number of H-pyrrole nitrogens is 1. The summed E-state index contributed by atoms with van der Waals surface area (Å²) in [6.45, 7) is 0. The Hall–Kier alpha value is -3.94. The first-order chi connectivity index (χ1) is 12.5. The van der Waals surface area contributed by atoms with E-state index in [1.165, 1.54) is 30.5 Å². The number of hydrazone groups is 1. The number of aromatic nitrogens is 1. The van der Waals surface area contributed by atoms with E-state index >= 15 is 0 Å². The van der Waals surface area contributed by atoms with Crippen molar-refractivity contribution in [3.8, 4) is 0 Å². The Morgan fingerprint density at radius 2 is 1.73 bits per heavy atom. The topological polar surface area (TPSA) is 129 Å². The van der Waals surface area contributed by atoms with Gasteiger partial charge in [0.2, 0.25) is 5.91 Å². The van der Waals surface area contributed by atoms with Gasteiger partial charge in [-0.2, -0.15) is 5.10 Å². The highest BCUT2D eigenvalue weighted by molar-refractivity contribution is 6.39. The van der Waals surface area contributed by atoms with Crippen LogP contribution in [0.3, 0.4) is 0 Å². The van der Waals surface area contributed by atoms with Crippen molar-refractivity contribution < 1.29 is 14.4 Å². The molecule has 1 heterocycles. The Labute approximate surface area is 148 Å². The third kappa shape index (κ3) is 3.75. The summed E-state index contributed by atoms with van der Waals surface area (Å²) >= 11 is 0. The Morgan fingerprint density at radius 1 is 1.00 bits per heavy atom. The molecular weight excluding hydrogens is 334 g/mol. The molecule has 0 bridgehead atoms. The summed E-state index contributed by atoms with van der Waals surface area (Å²) in [4.78, 5) is 37.7. The maximum Gasteiger partial charge on any atom is 0.329 e. The van der Waals surface area contributed by atoms with E-state index in [2.05, 4.69) is 20.8 Å². The molecule has 0 aliphatic rings. The van der Waals surface area contributed by atoms with Gasteiger partial charge in [0, 0.05) is 33.9 Å². The molecule has 5 N–H and O–H groups in total. The van der Waals surface area contributed by atoms with Crippen LogP contribution in [0.25, 0.3) is 10.9 Å². The molecule has 8 nitrogen and oxygen atoms in total. The van der Waals surface area contributed by atoms with Crippen molar-refractivity contribution in [1.82, 2.24) is 10.4 Å². The molecule has 0 aliphatic carbocycles. The van der Waals surface area contributed by atoms with Crippen molar-refractivity contribution in [2.24, 2.45) is 10.8 Å². The number of aromatic amines is 1. The lowest BCUT2D eigenvalue weighted by molar-refractivity contribution is -0.136. The van der Waals surface area contributed by atoms with E-state index in [-0.39, 0.29) is 0 Å². The summed E-state index contributed by atoms with van der Waals surface area (Å²) < 4.78 is 0. The largest absolute Gasteiger partial charge is 0.366 e. The van der Waals surface area contributed by atoms with Gasteiger partial charge in [0.1, 0.15) is 0 Å². The molecule has 0 spiro atoms. The lowest BCUT2D eigenvalue weighted by atomic mass is 10.2. The first-order valence-electron chi connectivity index (χ1n) is 7.65. The van der Waals surface area contributed by atoms with Crippen LogP contribution in [0.2, 0.25) is 0 Å². The van der Waals surface area contributed by atoms with E-state index in [1.807, 2.05) is 24.3 Å². The minimum atomic E-state index is -0.917. The van der Waals surface area contributed by atoms with Crippen molar-refractivity contribution in [3.63, 3.8) is 0 Å². The van der Waals surface area contributed by atoms with Crippen molar-refractivity contribution >= 4 is 40.5 Å². The summed E-state index contributed by atoms with van der Waals surface area (Å²) in [5, 5.41) is 7.14. The first kappa shape index (κ1) is 16.9. The lowest BCUT2D eigenvalue weighted by Crippen LogP contribution is -2.32. The number of nitrogens with zero attached hydrogens (tertiary/aromatic N) is 1. The second-order valence-electron chi connectivity index (χ2n) is 5.38. The maximum atomic E-state index is 11.8. The lowest BCUT2D eigenvalue weighted by Gasteiger charge is -2.04. The molecule has 2 aromatic carbocycles. The molecule has 3 rings (SSSR count). The number of benzene rings is 2. The van der Waals surface area contributed by atoms with Crippen molar-refractivity contribution in [1.29, 1.82) is 0 Å². The molecule has 0 unspecified atom stereocenters. The smallest absolute Gasteiger partial charge is 0.329 e. The Balaban J connectivity index is 1.59. The van der Waals surface area contributed by atoms with Crippen LogP contribution in [-0.2, 0) is 9.59 Å². The monoisotopic (exact) mass is 349 g/mol. The van der Waals surface area contributed by atoms with Crippen LogP contribution in [0.4, 0.5) is 5.69 Å². The van der Waals surface area contributed by atoms with Crippen LogP contribution < -0.4 is 16.5 Å². The number of nitrogens with one attached hydrogen (secondary N) is 3. The van der Waals surface area contributed by atoms with Gasteiger partial charge in [-0.15, -0.1) is 0 Å². The molecule has 130 valence electrons. The zero-order valence-corrected chi connectivity index (χ0v) is 13.5. The fraction of sp³-hybridized carbons (Fsp3) is 0. The summed E-state index contributed by atoms with van der Waals surface area (Å²) in [5.74, 6) is -2.37. The molecule has 0 fully saturated rings. The predicted molar refractivity (Wildman–Crippen MR) is 97.6 cm³/mol. The third-order valence-corrected chi connectivity index (χ3v) is 3.62. The molecule has 0 atom stereocenters. The van der Waals surface area contributed by atoms with E-state index in [0.29, 0.717) is 11.3 Å². The first-order valence-corrected chi connectivity index (χ1v) is 7.65. The molecular formula is C18H15N5O3. The predicted octanol–water partition coefficient (Wildman–Crippen LogP) is 1.36. The van der Waals surface area contributed by atoms with Gasteiger partial charge in [0.25, 0.3) is 0 Å². The maximum absolute atomic E-state index is 11.8. The Kier molecular flexibility index (Phi) is 4.75. The number of hydrogen-bond acceptors (Lipinski definition) is 4. The molecule has 3 aromatic rings. The van der Waals surface area contributed by atoms with Gasteiger partial charge in [-0.05, 0) is 30.3 Å². The summed E-state index contributed by atoms with van der Waals surface area (Å²) in [6.07, 6.45) is 3.20. The minimum absolute atomic E-state index is 0.302. The molecule has 26 heavy (non-hydrogen) atoms. The number of para-hydroxylation sites is 1. The van der Waals surface area contributed by atoms with Gasteiger partial charge in [-0.1, -0.05) is 18.2 Å². The van der Waals surface area contributed by atoms with E-state index < -0.39 is 17.7 Å². The molecule has 0 aliphatic heterocycles. The standard InChI is InChI=1S/C18H15N5O3/c19-16(24)11-5-7-13(8-6-11)22-17(25)18(26)23-21-10-12-9-20-15-4-2-1-3-14(12)15/h1-10,20H,(H2,19,24)(H,22,25)(H,23,26)/b21-10+. The number of carbonyl (C=O) groups is 3. The zero-order chi connectivity index (χ0) is 18.5. The van der Waals surface area contributed by atoms with Gasteiger partial charge in [-0.25, -0.2) is 5.43 Å². The second kappa shape index (κ2) is 7.31. The van der Waals surface area contributed by atoms with E-state index in [4.69, 9.17) is 5.73 Å². The average molecular weight is 349 g/mol. The van der Waals surface area contributed by atoms with Gasteiger partial charge >= 0.3 is 11.8 Å². The second-order valence-corrected chi connectivity index (χ2v) is 5.38. The molecule has 8 heteroatoms. The molecule has 3 amide bonds. The number of nitrogens with two attached hydrogens (primary N) is 1. The van der Waals surface area contributed by atoms with Crippen LogP contribution in [0, 0.1) is 0 Å².